The van der Waals surface area contributed by atoms with E-state index < -0.39 is 10.0 Å². The number of carbonyl (C=O) groups excluding carboxylic acids is 1. The molecule has 0 aliphatic carbocycles. The van der Waals surface area contributed by atoms with Gasteiger partial charge in [-0.2, -0.15) is 4.31 Å². The van der Waals surface area contributed by atoms with E-state index in [9.17, 15) is 13.2 Å². The zero-order valence-electron chi connectivity index (χ0n) is 18.3. The molecule has 0 spiro atoms. The van der Waals surface area contributed by atoms with Crippen LogP contribution in [0.1, 0.15) is 30.1 Å². The molecule has 0 atom stereocenters. The van der Waals surface area contributed by atoms with Gasteiger partial charge in [-0.25, -0.2) is 8.42 Å². The molecule has 32 heavy (non-hydrogen) atoms. The Morgan fingerprint density at radius 2 is 1.81 bits per heavy atom. The minimum absolute atomic E-state index is 0.000696. The Bertz CT molecular complexity index is 1160. The molecule has 4 rings (SSSR count). The standard InChI is InChI=1S/C23H27N3O5S/c1-17-23(18(2)31-24-17)32(28,29)26-14-6-13-25(15-16-26)22(27)12-10-20-9-11-21(30-20)19-7-4-3-5-8-19/h3-5,7-9,11H,6,10,12-16H2,1-2H3. The topological polar surface area (TPSA) is 96.9 Å². The van der Waals surface area contributed by atoms with Crippen molar-refractivity contribution in [3.63, 3.8) is 0 Å². The average Bonchev–Trinajstić information content (AvgIpc) is 3.30. The monoisotopic (exact) mass is 457 g/mol. The van der Waals surface area contributed by atoms with E-state index in [1.807, 2.05) is 42.5 Å². The first-order chi connectivity index (χ1) is 15.4. The van der Waals surface area contributed by atoms with Crippen LogP contribution < -0.4 is 0 Å². The fourth-order valence-electron chi connectivity index (χ4n) is 4.01. The van der Waals surface area contributed by atoms with E-state index in [2.05, 4.69) is 5.16 Å². The van der Waals surface area contributed by atoms with Crippen molar-refractivity contribution < 1.29 is 22.2 Å². The third-order valence-electron chi connectivity index (χ3n) is 5.68. The van der Waals surface area contributed by atoms with Gasteiger partial charge in [0.2, 0.25) is 15.9 Å². The largest absolute Gasteiger partial charge is 0.461 e. The summed E-state index contributed by atoms with van der Waals surface area (Å²) in [5, 5.41) is 3.76. The fourth-order valence-corrected chi connectivity index (χ4v) is 5.77. The molecule has 0 bridgehead atoms. The molecule has 1 aromatic carbocycles. The Labute approximate surface area is 187 Å². The summed E-state index contributed by atoms with van der Waals surface area (Å²) >= 11 is 0. The molecule has 1 aliphatic rings. The number of carbonyl (C=O) groups is 1. The van der Waals surface area contributed by atoms with Crippen LogP contribution in [0.3, 0.4) is 0 Å². The van der Waals surface area contributed by atoms with Crippen molar-refractivity contribution in [3.8, 4) is 11.3 Å². The second kappa shape index (κ2) is 9.30. The summed E-state index contributed by atoms with van der Waals surface area (Å²) in [6.45, 7) is 4.70. The number of nitrogens with zero attached hydrogens (tertiary/aromatic N) is 3. The van der Waals surface area contributed by atoms with Crippen LogP contribution in [0.15, 0.2) is 56.3 Å². The molecule has 8 nitrogen and oxygen atoms in total. The summed E-state index contributed by atoms with van der Waals surface area (Å²) < 4.78 is 38.5. The lowest BCUT2D eigenvalue weighted by Gasteiger charge is -2.21. The van der Waals surface area contributed by atoms with Gasteiger partial charge in [-0.3, -0.25) is 4.79 Å². The normalized spacial score (nSPS) is 15.6. The van der Waals surface area contributed by atoms with Crippen molar-refractivity contribution in [2.24, 2.45) is 0 Å². The molecule has 0 radical (unpaired) electrons. The first kappa shape index (κ1) is 22.3. The summed E-state index contributed by atoms with van der Waals surface area (Å²) in [6.07, 6.45) is 1.40. The third kappa shape index (κ3) is 4.63. The minimum Gasteiger partial charge on any atom is -0.461 e. The molecule has 1 saturated heterocycles. The van der Waals surface area contributed by atoms with Gasteiger partial charge >= 0.3 is 0 Å². The van der Waals surface area contributed by atoms with Crippen LogP contribution >= 0.6 is 0 Å². The van der Waals surface area contributed by atoms with Crippen molar-refractivity contribution in [1.82, 2.24) is 14.4 Å². The minimum atomic E-state index is -3.71. The van der Waals surface area contributed by atoms with Gasteiger partial charge in [-0.05, 0) is 32.4 Å². The van der Waals surface area contributed by atoms with Crippen molar-refractivity contribution >= 4 is 15.9 Å². The first-order valence-electron chi connectivity index (χ1n) is 10.7. The van der Waals surface area contributed by atoms with E-state index in [1.54, 1.807) is 18.7 Å². The van der Waals surface area contributed by atoms with Gasteiger partial charge in [0.15, 0.2) is 5.76 Å². The van der Waals surface area contributed by atoms with E-state index in [0.29, 0.717) is 44.6 Å². The van der Waals surface area contributed by atoms with Crippen molar-refractivity contribution in [2.45, 2.75) is 38.0 Å². The second-order valence-corrected chi connectivity index (χ2v) is 9.80. The molecule has 0 unspecified atom stereocenters. The lowest BCUT2D eigenvalue weighted by Crippen LogP contribution is -2.37. The molecular formula is C23H27N3O5S. The molecule has 170 valence electrons. The molecule has 9 heteroatoms. The zero-order chi connectivity index (χ0) is 22.7. The number of amides is 1. The van der Waals surface area contributed by atoms with Crippen LogP contribution in [0.4, 0.5) is 0 Å². The van der Waals surface area contributed by atoms with Gasteiger partial charge in [0, 0.05) is 44.6 Å². The van der Waals surface area contributed by atoms with Gasteiger partial charge in [0.25, 0.3) is 0 Å². The van der Waals surface area contributed by atoms with Crippen LogP contribution in [0.5, 0.6) is 0 Å². The zero-order valence-corrected chi connectivity index (χ0v) is 19.1. The molecule has 1 fully saturated rings. The van der Waals surface area contributed by atoms with Crippen LogP contribution in [0.2, 0.25) is 0 Å². The van der Waals surface area contributed by atoms with Gasteiger partial charge in [0.1, 0.15) is 22.1 Å². The highest BCUT2D eigenvalue weighted by Crippen LogP contribution is 2.25. The number of rotatable bonds is 6. The number of aromatic nitrogens is 1. The Kier molecular flexibility index (Phi) is 6.48. The number of furan rings is 1. The number of hydrogen-bond acceptors (Lipinski definition) is 6. The van der Waals surface area contributed by atoms with Crippen molar-refractivity contribution in [1.29, 1.82) is 0 Å². The quantitative estimate of drug-likeness (QED) is 0.563. The molecule has 2 aromatic heterocycles. The van der Waals surface area contributed by atoms with Crippen molar-refractivity contribution in [3.05, 3.63) is 59.7 Å². The second-order valence-electron chi connectivity index (χ2n) is 7.92. The average molecular weight is 458 g/mol. The summed E-state index contributed by atoms with van der Waals surface area (Å²) in [6, 6.07) is 13.6. The molecule has 1 amide bonds. The smallest absolute Gasteiger partial charge is 0.248 e. The van der Waals surface area contributed by atoms with E-state index in [-0.39, 0.29) is 23.1 Å². The number of hydrogen-bond donors (Lipinski definition) is 0. The highest BCUT2D eigenvalue weighted by atomic mass is 32.2. The van der Waals surface area contributed by atoms with Gasteiger partial charge in [-0.1, -0.05) is 35.5 Å². The number of aryl methyl sites for hydroxylation is 3. The van der Waals surface area contributed by atoms with Crippen LogP contribution in [0, 0.1) is 13.8 Å². The number of benzene rings is 1. The lowest BCUT2D eigenvalue weighted by molar-refractivity contribution is -0.131. The van der Waals surface area contributed by atoms with Gasteiger partial charge in [0.05, 0.1) is 0 Å². The Morgan fingerprint density at radius 1 is 1.03 bits per heavy atom. The maximum atomic E-state index is 13.1. The lowest BCUT2D eigenvalue weighted by atomic mass is 10.2. The summed E-state index contributed by atoms with van der Waals surface area (Å²) in [5.41, 5.74) is 1.35. The van der Waals surface area contributed by atoms with E-state index in [1.165, 1.54) is 4.31 Å². The molecule has 0 N–H and O–H groups in total. The Hall–Kier alpha value is -2.91. The molecule has 1 aliphatic heterocycles. The summed E-state index contributed by atoms with van der Waals surface area (Å²) in [4.78, 5) is 14.7. The molecular weight excluding hydrogens is 430 g/mol. The van der Waals surface area contributed by atoms with Gasteiger partial charge in [-0.15, -0.1) is 0 Å². The summed E-state index contributed by atoms with van der Waals surface area (Å²) in [7, 11) is -3.71. The number of sulfonamides is 1. The van der Waals surface area contributed by atoms with Crippen LogP contribution in [0.25, 0.3) is 11.3 Å². The fraction of sp³-hybridized carbons (Fsp3) is 0.391. The summed E-state index contributed by atoms with van der Waals surface area (Å²) in [5.74, 6) is 1.82. The molecule has 0 saturated carbocycles. The third-order valence-corrected chi connectivity index (χ3v) is 7.82. The Balaban J connectivity index is 1.35. The highest BCUT2D eigenvalue weighted by molar-refractivity contribution is 7.89. The van der Waals surface area contributed by atoms with E-state index in [4.69, 9.17) is 8.94 Å². The molecule has 3 aromatic rings. The predicted molar refractivity (Wildman–Crippen MR) is 118 cm³/mol. The van der Waals surface area contributed by atoms with E-state index in [0.717, 1.165) is 17.1 Å². The Morgan fingerprint density at radius 3 is 2.53 bits per heavy atom. The molecule has 3 heterocycles. The van der Waals surface area contributed by atoms with Crippen molar-refractivity contribution in [2.75, 3.05) is 26.2 Å². The van der Waals surface area contributed by atoms with E-state index >= 15 is 0 Å². The highest BCUT2D eigenvalue weighted by Gasteiger charge is 2.32. The van der Waals surface area contributed by atoms with Crippen LogP contribution in [-0.2, 0) is 21.2 Å². The maximum absolute atomic E-state index is 13.1. The van der Waals surface area contributed by atoms with Crippen LogP contribution in [-0.4, -0.2) is 54.9 Å². The predicted octanol–water partition coefficient (Wildman–Crippen LogP) is 3.41. The first-order valence-corrected chi connectivity index (χ1v) is 12.1. The SMILES string of the molecule is Cc1noc(C)c1S(=O)(=O)N1CCCN(C(=O)CCc2ccc(-c3ccccc3)o2)CC1. The maximum Gasteiger partial charge on any atom is 0.248 e. The van der Waals surface area contributed by atoms with Gasteiger partial charge < -0.3 is 13.8 Å².